The predicted molar refractivity (Wildman–Crippen MR) is 220 cm³/mol. The summed E-state index contributed by atoms with van der Waals surface area (Å²) in [5.41, 5.74) is 9.88. The molecule has 4 aromatic carbocycles. The molecule has 292 valence electrons. The first-order valence-corrected chi connectivity index (χ1v) is 21.1. The molecule has 0 unspecified atom stereocenters. The van der Waals surface area contributed by atoms with Crippen LogP contribution in [0.15, 0.2) is 111 Å². The molecule has 1 atom stereocenters. The maximum Gasteiger partial charge on any atom is 0.293 e. The van der Waals surface area contributed by atoms with Crippen molar-refractivity contribution in [3.05, 3.63) is 124 Å². The van der Waals surface area contributed by atoms with Crippen molar-refractivity contribution < 1.29 is 22.8 Å². The van der Waals surface area contributed by atoms with Crippen molar-refractivity contribution in [1.29, 1.82) is 0 Å². The molecule has 2 heterocycles. The SMILES string of the molecule is COC1(Cc2ccccc2C)CCN(c2ccc(/C(N)=N\S(=O)(=O)c3ccc(N[C@H](CCN4CCOCC4)CSc4ccccc4)c([N+](=O)[O-])c3)cc2)CC1. The summed E-state index contributed by atoms with van der Waals surface area (Å²) in [6, 6.07) is 29.4. The number of nitro groups is 1. The van der Waals surface area contributed by atoms with E-state index in [1.165, 1.54) is 23.3 Å². The van der Waals surface area contributed by atoms with E-state index < -0.39 is 14.9 Å². The Hall–Kier alpha value is -4.47. The quantitative estimate of drug-likeness (QED) is 0.0420. The summed E-state index contributed by atoms with van der Waals surface area (Å²) in [7, 11) is -2.58. The highest BCUT2D eigenvalue weighted by molar-refractivity contribution is 7.99. The van der Waals surface area contributed by atoms with Gasteiger partial charge in [-0.2, -0.15) is 8.42 Å². The number of nitro benzene ring substituents is 1. The van der Waals surface area contributed by atoms with Crippen LogP contribution in [0, 0.1) is 17.0 Å². The summed E-state index contributed by atoms with van der Waals surface area (Å²) in [6.45, 7) is 7.58. The Bertz CT molecular complexity index is 2030. The number of nitrogens with one attached hydrogen (secondary N) is 1. The van der Waals surface area contributed by atoms with Gasteiger partial charge in [0, 0.05) is 80.3 Å². The molecule has 6 rings (SSSR count). The fourth-order valence-corrected chi connectivity index (χ4v) is 9.06. The number of hydrogen-bond acceptors (Lipinski definition) is 10. The first kappa shape index (κ1) is 40.2. The molecule has 2 aliphatic heterocycles. The molecule has 55 heavy (non-hydrogen) atoms. The number of amidine groups is 1. The first-order chi connectivity index (χ1) is 26.5. The molecule has 3 N–H and O–H groups in total. The summed E-state index contributed by atoms with van der Waals surface area (Å²) < 4.78 is 42.4. The third kappa shape index (κ3) is 10.6. The zero-order valence-corrected chi connectivity index (χ0v) is 33.1. The smallest absolute Gasteiger partial charge is 0.293 e. The van der Waals surface area contributed by atoms with Crippen molar-refractivity contribution in [1.82, 2.24) is 4.90 Å². The number of aryl methyl sites for hydroxylation is 1. The van der Waals surface area contributed by atoms with Crippen molar-refractivity contribution in [2.75, 3.05) is 69.0 Å². The number of rotatable bonds is 16. The molecule has 0 aromatic heterocycles. The molecule has 0 bridgehead atoms. The Morgan fingerprint density at radius 3 is 2.36 bits per heavy atom. The molecule has 14 heteroatoms. The Labute approximate surface area is 328 Å². The van der Waals surface area contributed by atoms with Gasteiger partial charge in [0.1, 0.15) is 11.5 Å². The first-order valence-electron chi connectivity index (χ1n) is 18.6. The van der Waals surface area contributed by atoms with Crippen LogP contribution in [0.2, 0.25) is 0 Å². The van der Waals surface area contributed by atoms with Crippen LogP contribution >= 0.6 is 11.8 Å². The average Bonchev–Trinajstić information content (AvgIpc) is 3.20. The molecule has 12 nitrogen and oxygen atoms in total. The number of ether oxygens (including phenoxy) is 2. The third-order valence-electron chi connectivity index (χ3n) is 10.5. The molecule has 2 aliphatic rings. The van der Waals surface area contributed by atoms with Gasteiger partial charge >= 0.3 is 0 Å². The molecule has 0 aliphatic carbocycles. The van der Waals surface area contributed by atoms with Crippen LogP contribution in [-0.4, -0.2) is 94.5 Å². The second-order valence-electron chi connectivity index (χ2n) is 14.1. The molecular formula is C41H50N6O6S2. The van der Waals surface area contributed by atoms with Gasteiger partial charge in [0.2, 0.25) is 0 Å². The summed E-state index contributed by atoms with van der Waals surface area (Å²) in [4.78, 5) is 17.1. The summed E-state index contributed by atoms with van der Waals surface area (Å²) in [5, 5.41) is 15.6. The minimum atomic E-state index is -4.37. The molecule has 0 amide bonds. The van der Waals surface area contributed by atoms with Crippen LogP contribution in [0.3, 0.4) is 0 Å². The Balaban J connectivity index is 1.12. The highest BCUT2D eigenvalue weighted by Crippen LogP contribution is 2.34. The largest absolute Gasteiger partial charge is 0.383 e. The maximum absolute atomic E-state index is 13.5. The predicted octanol–water partition coefficient (Wildman–Crippen LogP) is 6.52. The second kappa shape index (κ2) is 18.4. The Morgan fingerprint density at radius 2 is 1.69 bits per heavy atom. The number of anilines is 2. The van der Waals surface area contributed by atoms with E-state index in [9.17, 15) is 18.5 Å². The number of methoxy groups -OCH3 is 1. The third-order valence-corrected chi connectivity index (χ3v) is 13.0. The van der Waals surface area contributed by atoms with E-state index in [4.69, 9.17) is 15.2 Å². The topological polar surface area (TPSA) is 153 Å². The lowest BCUT2D eigenvalue weighted by Crippen LogP contribution is -2.47. The van der Waals surface area contributed by atoms with Crippen molar-refractivity contribution >= 4 is 44.7 Å². The van der Waals surface area contributed by atoms with Crippen LogP contribution in [-0.2, 0) is 25.9 Å². The van der Waals surface area contributed by atoms with E-state index in [1.807, 2.05) is 42.5 Å². The van der Waals surface area contributed by atoms with E-state index in [1.54, 1.807) is 31.0 Å². The normalized spacial score (nSPS) is 17.1. The molecule has 2 saturated heterocycles. The fraction of sp³-hybridized carbons (Fsp3) is 0.390. The van der Waals surface area contributed by atoms with E-state index >= 15 is 0 Å². The van der Waals surface area contributed by atoms with Crippen LogP contribution in [0.5, 0.6) is 0 Å². The van der Waals surface area contributed by atoms with Gasteiger partial charge in [-0.25, -0.2) is 0 Å². The van der Waals surface area contributed by atoms with Crippen LogP contribution in [0.25, 0.3) is 0 Å². The Kier molecular flexibility index (Phi) is 13.5. The summed E-state index contributed by atoms with van der Waals surface area (Å²) in [6.07, 6.45) is 3.32. The van der Waals surface area contributed by atoms with Crippen LogP contribution < -0.4 is 16.0 Å². The number of sulfonamides is 1. The highest BCUT2D eigenvalue weighted by Gasteiger charge is 2.35. The number of nitrogens with two attached hydrogens (primary N) is 1. The number of hydrogen-bond donors (Lipinski definition) is 2. The molecule has 2 fully saturated rings. The van der Waals surface area contributed by atoms with Crippen molar-refractivity contribution in [2.24, 2.45) is 10.1 Å². The van der Waals surface area contributed by atoms with Gasteiger partial charge < -0.3 is 25.4 Å². The molecule has 0 spiro atoms. The van der Waals surface area contributed by atoms with Crippen LogP contribution in [0.1, 0.15) is 36.0 Å². The number of thioether (sulfide) groups is 1. The van der Waals surface area contributed by atoms with Crippen LogP contribution in [0.4, 0.5) is 17.1 Å². The second-order valence-corrected chi connectivity index (χ2v) is 16.8. The molecular weight excluding hydrogens is 737 g/mol. The molecule has 0 radical (unpaired) electrons. The van der Waals surface area contributed by atoms with Gasteiger partial charge in [0.15, 0.2) is 0 Å². The van der Waals surface area contributed by atoms with Gasteiger partial charge in [-0.3, -0.25) is 15.0 Å². The molecule has 0 saturated carbocycles. The van der Waals surface area contributed by atoms with Crippen molar-refractivity contribution in [2.45, 2.75) is 54.0 Å². The lowest BCUT2D eigenvalue weighted by Gasteiger charge is -2.42. The molecule has 4 aromatic rings. The van der Waals surface area contributed by atoms with Crippen molar-refractivity contribution in [3.63, 3.8) is 0 Å². The zero-order valence-electron chi connectivity index (χ0n) is 31.4. The summed E-state index contributed by atoms with van der Waals surface area (Å²) >= 11 is 1.66. The van der Waals surface area contributed by atoms with E-state index in [2.05, 4.69) is 50.7 Å². The average molecular weight is 787 g/mol. The zero-order chi connectivity index (χ0) is 38.8. The number of piperidine rings is 1. The Morgan fingerprint density at radius 1 is 1.00 bits per heavy atom. The number of nitrogens with zero attached hydrogens (tertiary/aromatic N) is 4. The standard InChI is InChI=1S/C41H50N6O6S2/c1-31-8-6-7-9-33(31)29-41(52-2)19-22-46(23-20-41)35-14-12-32(13-15-35)40(42)44-55(50,51)37-16-17-38(39(28-37)47(48)49)43-34(18-21-45-24-26-53-27-25-45)30-54-36-10-4-3-5-11-36/h3-17,28,34,43H,18-27,29-30H2,1-2H3,(H2,42,44)/t34-/m1/s1. The maximum atomic E-state index is 13.5. The minimum absolute atomic E-state index is 0.128. The van der Waals surface area contributed by atoms with Gasteiger partial charge in [-0.15, -0.1) is 16.2 Å². The summed E-state index contributed by atoms with van der Waals surface area (Å²) in [5.74, 6) is 0.456. The van der Waals surface area contributed by atoms with E-state index in [0.717, 1.165) is 75.1 Å². The number of benzene rings is 4. The monoisotopic (exact) mass is 786 g/mol. The van der Waals surface area contributed by atoms with Gasteiger partial charge in [0.05, 0.1) is 28.6 Å². The van der Waals surface area contributed by atoms with Gasteiger partial charge in [-0.05, 0) is 85.8 Å². The number of morpholine rings is 1. The van der Waals surface area contributed by atoms with Gasteiger partial charge in [0.25, 0.3) is 15.7 Å². The highest BCUT2D eigenvalue weighted by atomic mass is 32.2. The lowest BCUT2D eigenvalue weighted by molar-refractivity contribution is -0.384. The fourth-order valence-electron chi connectivity index (χ4n) is 7.10. The minimum Gasteiger partial charge on any atom is -0.383 e. The lowest BCUT2D eigenvalue weighted by atomic mass is 9.83. The van der Waals surface area contributed by atoms with E-state index in [-0.39, 0.29) is 33.7 Å². The van der Waals surface area contributed by atoms with Crippen molar-refractivity contribution in [3.8, 4) is 0 Å². The van der Waals surface area contributed by atoms with Gasteiger partial charge in [-0.1, -0.05) is 42.5 Å². The van der Waals surface area contributed by atoms with E-state index in [0.29, 0.717) is 24.5 Å².